The molecule has 2 unspecified atom stereocenters. The van der Waals surface area contributed by atoms with Crippen LogP contribution in [0.2, 0.25) is 0 Å². The number of benzene rings is 1. The topological polar surface area (TPSA) is 69.1 Å². The quantitative estimate of drug-likeness (QED) is 0.778. The van der Waals surface area contributed by atoms with Gasteiger partial charge in [0.2, 0.25) is 5.91 Å². The van der Waals surface area contributed by atoms with Crippen LogP contribution in [0, 0.1) is 5.92 Å². The zero-order chi connectivity index (χ0) is 13.5. The summed E-state index contributed by atoms with van der Waals surface area (Å²) in [5.41, 5.74) is 13.8. The first-order chi connectivity index (χ1) is 8.52. The van der Waals surface area contributed by atoms with Crippen LogP contribution in [0.5, 0.6) is 0 Å². The van der Waals surface area contributed by atoms with Crippen LogP contribution in [0.4, 0.5) is 0 Å². The molecule has 3 heteroatoms. The average molecular weight is 248 g/mol. The Morgan fingerprint density at radius 3 is 2.39 bits per heavy atom. The summed E-state index contributed by atoms with van der Waals surface area (Å²) in [6.45, 7) is 4.18. The van der Waals surface area contributed by atoms with Gasteiger partial charge in [-0.25, -0.2) is 0 Å². The van der Waals surface area contributed by atoms with Gasteiger partial charge < -0.3 is 11.5 Å². The van der Waals surface area contributed by atoms with Gasteiger partial charge in [0, 0.05) is 12.5 Å². The van der Waals surface area contributed by atoms with E-state index >= 15 is 0 Å². The van der Waals surface area contributed by atoms with E-state index in [9.17, 15) is 4.79 Å². The molecule has 0 radical (unpaired) electrons. The van der Waals surface area contributed by atoms with Crippen molar-refractivity contribution in [2.45, 2.75) is 45.6 Å². The highest BCUT2D eigenvalue weighted by Crippen LogP contribution is 2.21. The maximum atomic E-state index is 10.8. The normalized spacial score (nSPS) is 14.2. The predicted octanol–water partition coefficient (Wildman–Crippen LogP) is 2.54. The van der Waals surface area contributed by atoms with E-state index in [1.165, 1.54) is 5.56 Å². The summed E-state index contributed by atoms with van der Waals surface area (Å²) in [7, 11) is 0. The smallest absolute Gasteiger partial charge is 0.217 e. The molecule has 1 aromatic carbocycles. The van der Waals surface area contributed by atoms with Crippen molar-refractivity contribution in [3.8, 4) is 0 Å². The third-order valence-corrected chi connectivity index (χ3v) is 3.15. The van der Waals surface area contributed by atoms with Gasteiger partial charge in [-0.15, -0.1) is 0 Å². The first kappa shape index (κ1) is 14.7. The molecule has 2 atom stereocenters. The molecular weight excluding hydrogens is 224 g/mol. The Morgan fingerprint density at radius 1 is 1.28 bits per heavy atom. The summed E-state index contributed by atoms with van der Waals surface area (Å²) in [4.78, 5) is 10.8. The molecule has 1 amide bonds. The molecular formula is C15H24N2O. The van der Waals surface area contributed by atoms with Gasteiger partial charge in [-0.1, -0.05) is 44.5 Å². The lowest BCUT2D eigenvalue weighted by molar-refractivity contribution is -0.118. The Labute approximate surface area is 110 Å². The molecule has 0 spiro atoms. The van der Waals surface area contributed by atoms with Crippen molar-refractivity contribution in [1.82, 2.24) is 0 Å². The summed E-state index contributed by atoms with van der Waals surface area (Å²) in [5.74, 6) is -0.0270. The Morgan fingerprint density at radius 2 is 1.89 bits per heavy atom. The molecule has 0 aliphatic rings. The molecule has 0 aliphatic heterocycles. The fraction of sp³-hybridized carbons (Fsp3) is 0.533. The molecule has 3 nitrogen and oxygen atoms in total. The molecule has 1 rings (SSSR count). The molecule has 0 bridgehead atoms. The average Bonchev–Trinajstić information content (AvgIpc) is 2.29. The number of hydrogen-bond acceptors (Lipinski definition) is 2. The number of carbonyl (C=O) groups is 1. The first-order valence-corrected chi connectivity index (χ1v) is 6.65. The second-order valence-electron chi connectivity index (χ2n) is 5.11. The van der Waals surface area contributed by atoms with Crippen LogP contribution in [0.25, 0.3) is 0 Å². The minimum atomic E-state index is -0.256. The van der Waals surface area contributed by atoms with Gasteiger partial charge >= 0.3 is 0 Å². The van der Waals surface area contributed by atoms with Gasteiger partial charge in [0.25, 0.3) is 0 Å². The van der Waals surface area contributed by atoms with Crippen molar-refractivity contribution in [2.75, 3.05) is 0 Å². The van der Waals surface area contributed by atoms with Crippen LogP contribution in [-0.4, -0.2) is 5.91 Å². The second kappa shape index (κ2) is 7.17. The highest BCUT2D eigenvalue weighted by molar-refractivity contribution is 5.73. The summed E-state index contributed by atoms with van der Waals surface area (Å²) in [6.07, 6.45) is 3.45. The Hall–Kier alpha value is -1.35. The van der Waals surface area contributed by atoms with Crippen LogP contribution in [0.3, 0.4) is 0 Å². The molecule has 0 saturated carbocycles. The summed E-state index contributed by atoms with van der Waals surface area (Å²) < 4.78 is 0. The van der Waals surface area contributed by atoms with Crippen molar-refractivity contribution in [3.63, 3.8) is 0 Å². The van der Waals surface area contributed by atoms with Gasteiger partial charge in [0.15, 0.2) is 0 Å². The minimum Gasteiger partial charge on any atom is -0.370 e. The number of amides is 1. The maximum absolute atomic E-state index is 10.8. The number of primary amides is 1. The maximum Gasteiger partial charge on any atom is 0.217 e. The Bertz CT molecular complexity index is 373. The highest BCUT2D eigenvalue weighted by atomic mass is 16.1. The number of hydrogen-bond donors (Lipinski definition) is 2. The lowest BCUT2D eigenvalue weighted by Gasteiger charge is -2.16. The van der Waals surface area contributed by atoms with Crippen molar-refractivity contribution in [2.24, 2.45) is 17.4 Å². The molecule has 0 saturated heterocycles. The van der Waals surface area contributed by atoms with Crippen LogP contribution in [0.1, 0.15) is 50.3 Å². The number of aryl methyl sites for hydroxylation is 1. The van der Waals surface area contributed by atoms with E-state index < -0.39 is 0 Å². The largest absolute Gasteiger partial charge is 0.370 e. The molecule has 0 aliphatic carbocycles. The summed E-state index contributed by atoms with van der Waals surface area (Å²) >= 11 is 0. The Kier molecular flexibility index (Phi) is 5.86. The van der Waals surface area contributed by atoms with Crippen LogP contribution in [0.15, 0.2) is 24.3 Å². The third kappa shape index (κ3) is 4.88. The van der Waals surface area contributed by atoms with Crippen LogP contribution >= 0.6 is 0 Å². The van der Waals surface area contributed by atoms with E-state index in [4.69, 9.17) is 11.5 Å². The zero-order valence-corrected chi connectivity index (χ0v) is 11.4. The zero-order valence-electron chi connectivity index (χ0n) is 11.4. The molecule has 0 aromatic heterocycles. The summed E-state index contributed by atoms with van der Waals surface area (Å²) in [6, 6.07) is 8.43. The van der Waals surface area contributed by atoms with E-state index in [0.29, 0.717) is 6.42 Å². The van der Waals surface area contributed by atoms with Crippen LogP contribution in [-0.2, 0) is 11.2 Å². The summed E-state index contributed by atoms with van der Waals surface area (Å²) in [5, 5.41) is 0. The van der Waals surface area contributed by atoms with Crippen molar-refractivity contribution in [3.05, 3.63) is 35.4 Å². The number of nitrogens with two attached hydrogens (primary N) is 2. The van der Waals surface area contributed by atoms with Crippen molar-refractivity contribution >= 4 is 5.91 Å². The lowest BCUT2D eigenvalue weighted by atomic mass is 9.93. The minimum absolute atomic E-state index is 0.0185. The third-order valence-electron chi connectivity index (χ3n) is 3.15. The molecule has 0 fully saturated rings. The standard InChI is InChI=1S/C15H24N2O/c1-3-4-12-5-7-13(8-6-12)14(16)9-11(2)10-15(17)18/h5-8,11,14H,3-4,9-10,16H2,1-2H3,(H2,17,18). The Balaban J connectivity index is 2.55. The van der Waals surface area contributed by atoms with E-state index in [2.05, 4.69) is 31.2 Å². The highest BCUT2D eigenvalue weighted by Gasteiger charge is 2.13. The second-order valence-corrected chi connectivity index (χ2v) is 5.11. The van der Waals surface area contributed by atoms with E-state index in [0.717, 1.165) is 24.8 Å². The van der Waals surface area contributed by atoms with Gasteiger partial charge in [0.05, 0.1) is 0 Å². The molecule has 0 heterocycles. The van der Waals surface area contributed by atoms with E-state index in [1.807, 2.05) is 6.92 Å². The molecule has 4 N–H and O–H groups in total. The molecule has 100 valence electrons. The van der Waals surface area contributed by atoms with E-state index in [-0.39, 0.29) is 17.9 Å². The SMILES string of the molecule is CCCc1ccc(C(N)CC(C)CC(N)=O)cc1. The van der Waals surface area contributed by atoms with Gasteiger partial charge in [0.1, 0.15) is 0 Å². The van der Waals surface area contributed by atoms with E-state index in [1.54, 1.807) is 0 Å². The fourth-order valence-electron chi connectivity index (χ4n) is 2.22. The van der Waals surface area contributed by atoms with Crippen molar-refractivity contribution in [1.29, 1.82) is 0 Å². The van der Waals surface area contributed by atoms with Gasteiger partial charge in [-0.2, -0.15) is 0 Å². The molecule has 18 heavy (non-hydrogen) atoms. The lowest BCUT2D eigenvalue weighted by Crippen LogP contribution is -2.19. The monoisotopic (exact) mass is 248 g/mol. The first-order valence-electron chi connectivity index (χ1n) is 6.65. The van der Waals surface area contributed by atoms with Gasteiger partial charge in [-0.05, 0) is 29.9 Å². The van der Waals surface area contributed by atoms with Gasteiger partial charge in [-0.3, -0.25) is 4.79 Å². The van der Waals surface area contributed by atoms with Crippen molar-refractivity contribution < 1.29 is 4.79 Å². The number of carbonyl (C=O) groups excluding carboxylic acids is 1. The predicted molar refractivity (Wildman–Crippen MR) is 75.0 cm³/mol. The molecule has 1 aromatic rings. The number of rotatable bonds is 7. The van der Waals surface area contributed by atoms with Crippen LogP contribution < -0.4 is 11.5 Å². The fourth-order valence-corrected chi connectivity index (χ4v) is 2.22.